The zero-order valence-corrected chi connectivity index (χ0v) is 34.8. The zero-order valence-electron chi connectivity index (χ0n) is 34.8. The Labute approximate surface area is 348 Å². The molecule has 0 radical (unpaired) electrons. The first-order chi connectivity index (χ1) is 28.4. The summed E-state index contributed by atoms with van der Waals surface area (Å²) in [6.07, 6.45) is 11.8. The van der Waals surface area contributed by atoms with Crippen molar-refractivity contribution >= 4 is 11.7 Å². The van der Waals surface area contributed by atoms with E-state index in [1.54, 1.807) is 14.2 Å². The van der Waals surface area contributed by atoms with Gasteiger partial charge in [-0.25, -0.2) is 0 Å². The van der Waals surface area contributed by atoms with E-state index >= 15 is 4.79 Å². The predicted octanol–water partition coefficient (Wildman–Crippen LogP) is 9.42. The lowest BCUT2D eigenvalue weighted by molar-refractivity contribution is -0.178. The van der Waals surface area contributed by atoms with Crippen LogP contribution >= 0.6 is 0 Å². The van der Waals surface area contributed by atoms with Gasteiger partial charge in [-0.3, -0.25) is 9.59 Å². The van der Waals surface area contributed by atoms with Crippen molar-refractivity contribution in [3.05, 3.63) is 144 Å². The SMILES string of the molecule is COc1ccc(CC(=O)N(Cc2ccccc2)C[C@]2(O)CC[C@H]3[C@]45C=C[C@@]6(C=C4C(=O)c4ccccc4-c4ccccc4)CC(O)CC[C@]6(C)[C@H]5CC[C@@]32C)cc1OC. The van der Waals surface area contributed by atoms with Crippen molar-refractivity contribution in [2.75, 3.05) is 20.8 Å². The summed E-state index contributed by atoms with van der Waals surface area (Å²) in [5, 5.41) is 24.6. The highest BCUT2D eigenvalue weighted by Gasteiger charge is 2.74. The topological polar surface area (TPSA) is 96.3 Å². The highest BCUT2D eigenvalue weighted by atomic mass is 16.5. The molecular formula is C52H57NO6. The summed E-state index contributed by atoms with van der Waals surface area (Å²) >= 11 is 0. The molecule has 1 unspecified atom stereocenters. The molecule has 7 heteroatoms. The normalized spacial score (nSPS) is 32.6. The average molecular weight is 792 g/mol. The van der Waals surface area contributed by atoms with E-state index in [1.807, 2.05) is 95.9 Å². The molecule has 8 atom stereocenters. The molecule has 59 heavy (non-hydrogen) atoms. The minimum absolute atomic E-state index is 0.0378. The second-order valence-corrected chi connectivity index (χ2v) is 18.7. The van der Waals surface area contributed by atoms with Gasteiger partial charge >= 0.3 is 0 Å². The summed E-state index contributed by atoms with van der Waals surface area (Å²) in [6, 6.07) is 33.7. The van der Waals surface area contributed by atoms with Gasteiger partial charge in [0.05, 0.1) is 38.9 Å². The fraction of sp³-hybridized carbons (Fsp3) is 0.423. The number of ether oxygens (including phenoxy) is 2. The minimum atomic E-state index is -1.21. The number of hydrogen-bond donors (Lipinski definition) is 2. The molecule has 0 aliphatic heterocycles. The van der Waals surface area contributed by atoms with Crippen LogP contribution in [0.1, 0.15) is 80.3 Å². The maximum absolute atomic E-state index is 15.6. The fourth-order valence-electron chi connectivity index (χ4n) is 12.9. The molecule has 7 nitrogen and oxygen atoms in total. The smallest absolute Gasteiger partial charge is 0.227 e. The Hall–Kier alpha value is -4.98. The molecule has 6 aliphatic rings. The van der Waals surface area contributed by atoms with E-state index in [1.165, 1.54) is 0 Å². The molecule has 2 N–H and O–H groups in total. The second kappa shape index (κ2) is 14.6. The van der Waals surface area contributed by atoms with Gasteiger partial charge in [0.15, 0.2) is 17.3 Å². The van der Waals surface area contributed by atoms with E-state index in [2.05, 4.69) is 44.2 Å². The van der Waals surface area contributed by atoms with E-state index < -0.39 is 27.9 Å². The van der Waals surface area contributed by atoms with Crippen LogP contribution in [-0.2, 0) is 17.8 Å². The summed E-state index contributed by atoms with van der Waals surface area (Å²) < 4.78 is 11.0. The zero-order chi connectivity index (χ0) is 41.2. The number of Topliss-reactive ketones (excluding diaryl/α,β-unsaturated/α-hetero) is 1. The number of fused-ring (bicyclic) bond motifs is 1. The average Bonchev–Trinajstić information content (AvgIpc) is 3.53. The van der Waals surface area contributed by atoms with Gasteiger partial charge in [0.1, 0.15) is 0 Å². The molecule has 10 rings (SSSR count). The number of rotatable bonds is 11. The Bertz CT molecular complexity index is 2320. The van der Waals surface area contributed by atoms with Crippen LogP contribution in [0.25, 0.3) is 11.1 Å². The lowest BCUT2D eigenvalue weighted by Gasteiger charge is -2.71. The molecule has 1 amide bonds. The predicted molar refractivity (Wildman–Crippen MR) is 230 cm³/mol. The van der Waals surface area contributed by atoms with Crippen LogP contribution < -0.4 is 9.47 Å². The van der Waals surface area contributed by atoms with E-state index in [0.717, 1.165) is 59.9 Å². The molecule has 3 saturated carbocycles. The maximum atomic E-state index is 15.6. The Morgan fingerprint density at radius 1 is 0.746 bits per heavy atom. The molecule has 6 aliphatic carbocycles. The first-order valence-electron chi connectivity index (χ1n) is 21.5. The lowest BCUT2D eigenvalue weighted by atomic mass is 9.32. The number of hydrogen-bond acceptors (Lipinski definition) is 6. The number of allylic oxidation sites excluding steroid dienone is 4. The van der Waals surface area contributed by atoms with Crippen molar-refractivity contribution in [3.8, 4) is 22.6 Å². The largest absolute Gasteiger partial charge is 0.493 e. The van der Waals surface area contributed by atoms with Crippen molar-refractivity contribution in [1.82, 2.24) is 4.90 Å². The van der Waals surface area contributed by atoms with E-state index in [0.29, 0.717) is 36.4 Å². The van der Waals surface area contributed by atoms with Gasteiger partial charge < -0.3 is 24.6 Å². The van der Waals surface area contributed by atoms with Crippen LogP contribution in [-0.4, -0.2) is 59.3 Å². The van der Waals surface area contributed by atoms with Crippen molar-refractivity contribution in [3.63, 3.8) is 0 Å². The number of carbonyl (C=O) groups excluding carboxylic acids is 2. The quantitative estimate of drug-likeness (QED) is 0.116. The van der Waals surface area contributed by atoms with Gasteiger partial charge in [-0.1, -0.05) is 123 Å². The Morgan fingerprint density at radius 2 is 1.41 bits per heavy atom. The third kappa shape index (κ3) is 6.05. The monoisotopic (exact) mass is 791 g/mol. The molecule has 3 fully saturated rings. The molecule has 4 aromatic rings. The number of carbonyl (C=O) groups is 2. The van der Waals surface area contributed by atoms with Crippen molar-refractivity contribution in [2.24, 2.45) is 33.5 Å². The Morgan fingerprint density at radius 3 is 2.15 bits per heavy atom. The van der Waals surface area contributed by atoms with Crippen LogP contribution in [0.2, 0.25) is 0 Å². The number of ketones is 1. The first-order valence-corrected chi connectivity index (χ1v) is 21.5. The summed E-state index contributed by atoms with van der Waals surface area (Å²) in [4.78, 5) is 32.0. The van der Waals surface area contributed by atoms with Gasteiger partial charge in [0.25, 0.3) is 0 Å². The number of amides is 1. The van der Waals surface area contributed by atoms with Gasteiger partial charge in [-0.2, -0.15) is 0 Å². The minimum Gasteiger partial charge on any atom is -0.493 e. The number of aliphatic hydroxyl groups excluding tert-OH is 1. The first kappa shape index (κ1) is 39.5. The Balaban J connectivity index is 1.11. The molecule has 0 saturated heterocycles. The van der Waals surface area contributed by atoms with Gasteiger partial charge in [-0.05, 0) is 96.6 Å². The van der Waals surface area contributed by atoms with Crippen LogP contribution in [0.15, 0.2) is 127 Å². The highest BCUT2D eigenvalue weighted by molar-refractivity contribution is 6.14. The summed E-state index contributed by atoms with van der Waals surface area (Å²) in [5.74, 6) is 1.25. The van der Waals surface area contributed by atoms with E-state index in [4.69, 9.17) is 9.47 Å². The highest BCUT2D eigenvalue weighted by Crippen LogP contribution is 2.78. The van der Waals surface area contributed by atoms with Gasteiger partial charge in [0.2, 0.25) is 5.91 Å². The summed E-state index contributed by atoms with van der Waals surface area (Å²) in [7, 11) is 3.19. The van der Waals surface area contributed by atoms with E-state index in [9.17, 15) is 15.0 Å². The van der Waals surface area contributed by atoms with Gasteiger partial charge in [-0.15, -0.1) is 0 Å². The number of aliphatic hydroxyl groups is 2. The molecule has 0 heterocycles. The van der Waals surface area contributed by atoms with Crippen LogP contribution in [0.5, 0.6) is 11.5 Å². The summed E-state index contributed by atoms with van der Waals surface area (Å²) in [5.41, 5.74) is 2.20. The molecule has 2 spiro atoms. The number of methoxy groups -OCH3 is 2. The standard InChI is InChI=1S/C52H57NO6/c1-48-24-21-38(54)31-50(48)27-28-52(41(32-50)47(56)40-18-12-11-17-39(40)37-15-9-6-10-16-37)44(48)22-25-49(2)45(52)23-26-51(49,57)34-53(33-35-13-7-5-8-14-35)46(55)30-36-19-20-42(58-3)43(29-36)59-4/h5-20,27-29,32,38,44-45,54,57H,21-26,30-31,33-34H2,1-4H3/t38?,44-,45-,48-,49+,50+,51-,52-/m1/s1. The molecule has 0 aromatic heterocycles. The molecular weight excluding hydrogens is 735 g/mol. The van der Waals surface area contributed by atoms with Gasteiger partial charge in [0, 0.05) is 33.9 Å². The van der Waals surface area contributed by atoms with Crippen molar-refractivity contribution in [1.29, 1.82) is 0 Å². The van der Waals surface area contributed by atoms with Crippen molar-refractivity contribution < 1.29 is 29.3 Å². The van der Waals surface area contributed by atoms with Crippen LogP contribution in [0.4, 0.5) is 0 Å². The molecule has 4 aromatic carbocycles. The fourth-order valence-corrected chi connectivity index (χ4v) is 12.9. The van der Waals surface area contributed by atoms with Crippen molar-refractivity contribution in [2.45, 2.75) is 83.5 Å². The van der Waals surface area contributed by atoms with Crippen LogP contribution in [0.3, 0.4) is 0 Å². The Kier molecular flexibility index (Phi) is 9.79. The van der Waals surface area contributed by atoms with E-state index in [-0.39, 0.29) is 41.9 Å². The third-order valence-electron chi connectivity index (χ3n) is 16.0. The third-order valence-corrected chi connectivity index (χ3v) is 16.0. The number of benzene rings is 4. The molecule has 2 bridgehead atoms. The lowest BCUT2D eigenvalue weighted by Crippen LogP contribution is -2.67. The second-order valence-electron chi connectivity index (χ2n) is 18.7. The van der Waals surface area contributed by atoms with Crippen LogP contribution in [0, 0.1) is 33.5 Å². The number of nitrogens with zero attached hydrogens (tertiary/aromatic N) is 1. The maximum Gasteiger partial charge on any atom is 0.227 e. The summed E-state index contributed by atoms with van der Waals surface area (Å²) in [6.45, 7) is 5.21. The molecule has 306 valence electrons.